The molecule has 18 heavy (non-hydrogen) atoms. The maximum atomic E-state index is 8.99. The van der Waals surface area contributed by atoms with Gasteiger partial charge in [0, 0.05) is 19.4 Å². The SMILES string of the molecule is N#CCCCCCN(CCO)CCCCCC#N. The number of hydrogen-bond donors (Lipinski definition) is 1. The molecule has 0 aliphatic rings. The van der Waals surface area contributed by atoms with Crippen molar-refractivity contribution in [3.05, 3.63) is 0 Å². The third-order valence-corrected chi connectivity index (χ3v) is 2.94. The number of nitriles is 2. The van der Waals surface area contributed by atoms with Gasteiger partial charge < -0.3 is 10.0 Å². The Balaban J connectivity index is 3.53. The number of rotatable bonds is 12. The van der Waals surface area contributed by atoms with E-state index >= 15 is 0 Å². The van der Waals surface area contributed by atoms with Gasteiger partial charge in [0.1, 0.15) is 0 Å². The molecule has 4 heteroatoms. The molecule has 0 aliphatic heterocycles. The summed E-state index contributed by atoms with van der Waals surface area (Å²) in [5.41, 5.74) is 0. The zero-order valence-electron chi connectivity index (χ0n) is 11.3. The lowest BCUT2D eigenvalue weighted by Crippen LogP contribution is -2.29. The van der Waals surface area contributed by atoms with E-state index in [1.165, 1.54) is 0 Å². The van der Waals surface area contributed by atoms with Crippen LogP contribution in [-0.4, -0.2) is 36.2 Å². The molecule has 0 heterocycles. The zero-order chi connectivity index (χ0) is 13.5. The quantitative estimate of drug-likeness (QED) is 0.541. The number of nitrogens with zero attached hydrogens (tertiary/aromatic N) is 3. The molecule has 1 N–H and O–H groups in total. The van der Waals surface area contributed by atoms with Crippen molar-refractivity contribution in [1.82, 2.24) is 4.90 Å². The second-order valence-corrected chi connectivity index (χ2v) is 4.50. The van der Waals surface area contributed by atoms with E-state index in [4.69, 9.17) is 15.6 Å². The van der Waals surface area contributed by atoms with Crippen LogP contribution >= 0.6 is 0 Å². The summed E-state index contributed by atoms with van der Waals surface area (Å²) in [6.07, 6.45) is 7.62. The normalized spacial score (nSPS) is 10.2. The molecule has 0 aromatic rings. The summed E-state index contributed by atoms with van der Waals surface area (Å²) in [5.74, 6) is 0. The van der Waals surface area contributed by atoms with Gasteiger partial charge in [0.15, 0.2) is 0 Å². The maximum Gasteiger partial charge on any atom is 0.0621 e. The average Bonchev–Trinajstić information content (AvgIpc) is 2.38. The minimum Gasteiger partial charge on any atom is -0.395 e. The van der Waals surface area contributed by atoms with E-state index in [0.29, 0.717) is 12.8 Å². The number of unbranched alkanes of at least 4 members (excludes halogenated alkanes) is 6. The molecule has 0 aromatic carbocycles. The van der Waals surface area contributed by atoms with Gasteiger partial charge in [-0.25, -0.2) is 0 Å². The highest BCUT2D eigenvalue weighted by Crippen LogP contribution is 2.04. The molecule has 0 aromatic heterocycles. The van der Waals surface area contributed by atoms with Gasteiger partial charge in [-0.1, -0.05) is 12.8 Å². The van der Waals surface area contributed by atoms with Crippen molar-refractivity contribution in [2.75, 3.05) is 26.2 Å². The van der Waals surface area contributed by atoms with Gasteiger partial charge in [-0.3, -0.25) is 0 Å². The Morgan fingerprint density at radius 3 is 1.61 bits per heavy atom. The first-order valence-corrected chi connectivity index (χ1v) is 6.92. The first kappa shape index (κ1) is 16.9. The molecule has 0 bridgehead atoms. The summed E-state index contributed by atoms with van der Waals surface area (Å²) >= 11 is 0. The van der Waals surface area contributed by atoms with Gasteiger partial charge in [0.2, 0.25) is 0 Å². The Morgan fingerprint density at radius 1 is 0.722 bits per heavy atom. The van der Waals surface area contributed by atoms with E-state index in [1.54, 1.807) is 0 Å². The lowest BCUT2D eigenvalue weighted by atomic mass is 10.1. The Bertz CT molecular complexity index is 231. The molecule has 0 fully saturated rings. The summed E-state index contributed by atoms with van der Waals surface area (Å²) in [6, 6.07) is 4.31. The lowest BCUT2D eigenvalue weighted by Gasteiger charge is -2.20. The molecular formula is C14H25N3O. The second-order valence-electron chi connectivity index (χ2n) is 4.50. The van der Waals surface area contributed by atoms with E-state index in [2.05, 4.69) is 17.0 Å². The largest absolute Gasteiger partial charge is 0.395 e. The van der Waals surface area contributed by atoms with Crippen LogP contribution in [0.3, 0.4) is 0 Å². The van der Waals surface area contributed by atoms with Crippen LogP contribution in [0.2, 0.25) is 0 Å². The number of aliphatic hydroxyl groups is 1. The topological polar surface area (TPSA) is 71.1 Å². The molecule has 0 saturated carbocycles. The molecule has 4 nitrogen and oxygen atoms in total. The van der Waals surface area contributed by atoms with E-state index in [-0.39, 0.29) is 6.61 Å². The van der Waals surface area contributed by atoms with Crippen LogP contribution in [0.15, 0.2) is 0 Å². The summed E-state index contributed by atoms with van der Waals surface area (Å²) in [5, 5.41) is 25.8. The molecule has 0 radical (unpaired) electrons. The Labute approximate surface area is 111 Å². The predicted molar refractivity (Wildman–Crippen MR) is 71.7 cm³/mol. The molecule has 0 unspecified atom stereocenters. The van der Waals surface area contributed by atoms with Crippen molar-refractivity contribution in [3.8, 4) is 12.1 Å². The summed E-state index contributed by atoms with van der Waals surface area (Å²) < 4.78 is 0. The Morgan fingerprint density at radius 2 is 1.22 bits per heavy atom. The molecule has 0 rings (SSSR count). The van der Waals surface area contributed by atoms with Crippen molar-refractivity contribution in [2.24, 2.45) is 0 Å². The molecule has 102 valence electrons. The summed E-state index contributed by atoms with van der Waals surface area (Å²) in [7, 11) is 0. The summed E-state index contributed by atoms with van der Waals surface area (Å²) in [4.78, 5) is 2.28. The zero-order valence-corrected chi connectivity index (χ0v) is 11.3. The molecule has 0 aliphatic carbocycles. The molecule has 0 spiro atoms. The standard InChI is InChI=1S/C14H25N3O/c15-9-5-1-3-7-11-17(13-14-18)12-8-4-2-6-10-16/h18H,1-8,11-14H2. The monoisotopic (exact) mass is 251 g/mol. The van der Waals surface area contributed by atoms with Crippen LogP contribution in [0.4, 0.5) is 0 Å². The highest BCUT2D eigenvalue weighted by Gasteiger charge is 2.03. The molecule has 0 atom stereocenters. The van der Waals surface area contributed by atoms with Crippen molar-refractivity contribution >= 4 is 0 Å². The van der Waals surface area contributed by atoms with Crippen LogP contribution in [0.25, 0.3) is 0 Å². The second kappa shape index (κ2) is 14.0. The van der Waals surface area contributed by atoms with E-state index in [9.17, 15) is 0 Å². The Hall–Kier alpha value is -1.10. The van der Waals surface area contributed by atoms with E-state index in [0.717, 1.165) is 58.2 Å². The highest BCUT2D eigenvalue weighted by atomic mass is 16.3. The van der Waals surface area contributed by atoms with Crippen LogP contribution in [0, 0.1) is 22.7 Å². The lowest BCUT2D eigenvalue weighted by molar-refractivity contribution is 0.190. The van der Waals surface area contributed by atoms with Gasteiger partial charge in [-0.15, -0.1) is 0 Å². The van der Waals surface area contributed by atoms with E-state index in [1.807, 2.05) is 0 Å². The molecule has 0 saturated heterocycles. The fourth-order valence-electron chi connectivity index (χ4n) is 1.91. The van der Waals surface area contributed by atoms with Gasteiger partial charge in [0.05, 0.1) is 18.7 Å². The van der Waals surface area contributed by atoms with Crippen molar-refractivity contribution < 1.29 is 5.11 Å². The van der Waals surface area contributed by atoms with Crippen molar-refractivity contribution in [2.45, 2.75) is 51.4 Å². The van der Waals surface area contributed by atoms with Crippen molar-refractivity contribution in [1.29, 1.82) is 10.5 Å². The number of hydrogen-bond acceptors (Lipinski definition) is 4. The summed E-state index contributed by atoms with van der Waals surface area (Å²) in [6.45, 7) is 2.95. The molecule has 0 amide bonds. The van der Waals surface area contributed by atoms with Gasteiger partial charge >= 0.3 is 0 Å². The van der Waals surface area contributed by atoms with Gasteiger partial charge in [-0.2, -0.15) is 10.5 Å². The minimum atomic E-state index is 0.205. The van der Waals surface area contributed by atoms with E-state index < -0.39 is 0 Å². The smallest absolute Gasteiger partial charge is 0.0621 e. The number of aliphatic hydroxyl groups excluding tert-OH is 1. The third-order valence-electron chi connectivity index (χ3n) is 2.94. The van der Waals surface area contributed by atoms with Crippen molar-refractivity contribution in [3.63, 3.8) is 0 Å². The molecular weight excluding hydrogens is 226 g/mol. The fraction of sp³-hybridized carbons (Fsp3) is 0.857. The average molecular weight is 251 g/mol. The van der Waals surface area contributed by atoms with Crippen LogP contribution in [0.5, 0.6) is 0 Å². The predicted octanol–water partition coefficient (Wildman–Crippen LogP) is 2.45. The first-order valence-electron chi connectivity index (χ1n) is 6.92. The van der Waals surface area contributed by atoms with Gasteiger partial charge in [-0.05, 0) is 38.8 Å². The minimum absolute atomic E-state index is 0.205. The highest BCUT2D eigenvalue weighted by molar-refractivity contribution is 4.69. The van der Waals surface area contributed by atoms with Crippen LogP contribution in [-0.2, 0) is 0 Å². The first-order chi connectivity index (χ1) is 8.85. The van der Waals surface area contributed by atoms with Crippen LogP contribution < -0.4 is 0 Å². The fourth-order valence-corrected chi connectivity index (χ4v) is 1.91. The van der Waals surface area contributed by atoms with Gasteiger partial charge in [0.25, 0.3) is 0 Å². The third kappa shape index (κ3) is 11.4. The van der Waals surface area contributed by atoms with Crippen LogP contribution in [0.1, 0.15) is 51.4 Å². The Kier molecular flexibility index (Phi) is 13.1. The maximum absolute atomic E-state index is 8.99.